The summed E-state index contributed by atoms with van der Waals surface area (Å²) in [5, 5.41) is 8.41. The molecule has 0 atom stereocenters. The van der Waals surface area contributed by atoms with Crippen LogP contribution in [0.25, 0.3) is 0 Å². The number of hydrogen-bond acceptors (Lipinski definition) is 8. The van der Waals surface area contributed by atoms with Crippen molar-refractivity contribution in [2.24, 2.45) is 0 Å². The van der Waals surface area contributed by atoms with Crippen molar-refractivity contribution in [1.82, 2.24) is 15.1 Å². The molecule has 2 aromatic rings. The van der Waals surface area contributed by atoms with E-state index in [-0.39, 0.29) is 12.4 Å². The molecule has 1 aliphatic heterocycles. The largest absolute Gasteiger partial charge is 0.495 e. The second-order valence-electron chi connectivity index (χ2n) is 5.26. The zero-order valence-corrected chi connectivity index (χ0v) is 16.0. The molecule has 0 bridgehead atoms. The standard InChI is InChI=1S/C15H21N5OS2.ClH/c1-21-13-5-3-2-4-12(13)20-8-6-19(7-9-20)10-11-22-15-18-17-14(16)23-15;/h2-5H,6-11H2,1H3,(H2,16,17);1H. The van der Waals surface area contributed by atoms with E-state index >= 15 is 0 Å². The normalized spacial score (nSPS) is 15.1. The molecule has 9 heteroatoms. The number of nitrogens with two attached hydrogens (primary N) is 1. The van der Waals surface area contributed by atoms with Gasteiger partial charge in [0.15, 0.2) is 4.34 Å². The molecule has 1 fully saturated rings. The first-order valence-corrected chi connectivity index (χ1v) is 9.38. The minimum Gasteiger partial charge on any atom is -0.495 e. The quantitative estimate of drug-likeness (QED) is 0.763. The molecule has 1 aliphatic rings. The lowest BCUT2D eigenvalue weighted by Crippen LogP contribution is -2.47. The maximum atomic E-state index is 5.59. The Hall–Kier alpha value is -1.22. The van der Waals surface area contributed by atoms with E-state index in [0.717, 1.165) is 48.6 Å². The lowest BCUT2D eigenvalue weighted by atomic mass is 10.2. The van der Waals surface area contributed by atoms with Crippen LogP contribution in [0.15, 0.2) is 28.6 Å². The number of benzene rings is 1. The fourth-order valence-corrected chi connectivity index (χ4v) is 4.35. The van der Waals surface area contributed by atoms with Crippen molar-refractivity contribution in [2.45, 2.75) is 4.34 Å². The highest BCUT2D eigenvalue weighted by Gasteiger charge is 2.19. The van der Waals surface area contributed by atoms with E-state index in [4.69, 9.17) is 10.5 Å². The molecule has 2 heterocycles. The van der Waals surface area contributed by atoms with Gasteiger partial charge in [-0.25, -0.2) is 0 Å². The molecule has 1 aromatic carbocycles. The number of nitrogen functional groups attached to an aromatic ring is 1. The summed E-state index contributed by atoms with van der Waals surface area (Å²) in [6.45, 7) is 5.24. The maximum absolute atomic E-state index is 5.59. The zero-order chi connectivity index (χ0) is 16.1. The second kappa shape index (κ2) is 9.31. The van der Waals surface area contributed by atoms with Crippen LogP contribution in [0.1, 0.15) is 0 Å². The Morgan fingerprint density at radius 1 is 1.21 bits per heavy atom. The van der Waals surface area contributed by atoms with Crippen LogP contribution in [0.5, 0.6) is 5.75 Å². The highest BCUT2D eigenvalue weighted by Crippen LogP contribution is 2.28. The Bertz CT molecular complexity index is 634. The molecule has 0 amide bonds. The van der Waals surface area contributed by atoms with E-state index in [0.29, 0.717) is 5.13 Å². The van der Waals surface area contributed by atoms with Gasteiger partial charge in [-0.05, 0) is 12.1 Å². The van der Waals surface area contributed by atoms with Crippen LogP contribution < -0.4 is 15.4 Å². The van der Waals surface area contributed by atoms with Gasteiger partial charge in [0.05, 0.1) is 12.8 Å². The number of hydrogen-bond donors (Lipinski definition) is 1. The molecule has 0 spiro atoms. The number of thioether (sulfide) groups is 1. The number of aromatic nitrogens is 2. The van der Waals surface area contributed by atoms with Crippen molar-refractivity contribution in [3.05, 3.63) is 24.3 Å². The van der Waals surface area contributed by atoms with Crippen molar-refractivity contribution in [2.75, 3.05) is 56.2 Å². The van der Waals surface area contributed by atoms with E-state index in [1.54, 1.807) is 18.9 Å². The predicted molar refractivity (Wildman–Crippen MR) is 104 cm³/mol. The molecule has 0 aliphatic carbocycles. The number of rotatable bonds is 6. The summed E-state index contributed by atoms with van der Waals surface area (Å²) >= 11 is 3.18. The van der Waals surface area contributed by atoms with Gasteiger partial charge >= 0.3 is 0 Å². The number of halogens is 1. The highest BCUT2D eigenvalue weighted by atomic mass is 35.5. The van der Waals surface area contributed by atoms with Gasteiger partial charge in [-0.1, -0.05) is 35.2 Å². The van der Waals surface area contributed by atoms with Crippen LogP contribution in [-0.4, -0.2) is 60.7 Å². The number of piperazine rings is 1. The summed E-state index contributed by atoms with van der Waals surface area (Å²) in [6, 6.07) is 8.22. The first kappa shape index (κ1) is 19.1. The first-order chi connectivity index (χ1) is 11.3. The average Bonchev–Trinajstić information content (AvgIpc) is 3.01. The fourth-order valence-electron chi connectivity index (χ4n) is 2.64. The van der Waals surface area contributed by atoms with Gasteiger partial charge in [-0.2, -0.15) is 0 Å². The summed E-state index contributed by atoms with van der Waals surface area (Å²) < 4.78 is 6.41. The number of nitrogens with zero attached hydrogens (tertiary/aromatic N) is 4. The fraction of sp³-hybridized carbons (Fsp3) is 0.467. The predicted octanol–water partition coefficient (Wildman–Crippen LogP) is 2.47. The minimum atomic E-state index is 0. The third-order valence-electron chi connectivity index (χ3n) is 3.85. The Kier molecular flexibility index (Phi) is 7.41. The molecular formula is C15H22ClN5OS2. The smallest absolute Gasteiger partial charge is 0.203 e. The molecule has 1 saturated heterocycles. The summed E-state index contributed by atoms with van der Waals surface area (Å²) in [7, 11) is 1.73. The molecular weight excluding hydrogens is 366 g/mol. The van der Waals surface area contributed by atoms with E-state index in [9.17, 15) is 0 Å². The molecule has 132 valence electrons. The molecule has 3 rings (SSSR count). The third-order valence-corrected chi connectivity index (χ3v) is 5.72. The van der Waals surface area contributed by atoms with E-state index < -0.39 is 0 Å². The molecule has 24 heavy (non-hydrogen) atoms. The Balaban J connectivity index is 0.00000208. The summed E-state index contributed by atoms with van der Waals surface area (Å²) in [5.74, 6) is 1.97. The number of anilines is 2. The van der Waals surface area contributed by atoms with Crippen LogP contribution in [0.3, 0.4) is 0 Å². The average molecular weight is 388 g/mol. The van der Waals surface area contributed by atoms with Crippen molar-refractivity contribution in [3.8, 4) is 5.75 Å². The first-order valence-electron chi connectivity index (χ1n) is 7.58. The van der Waals surface area contributed by atoms with Crippen LogP contribution in [0.2, 0.25) is 0 Å². The van der Waals surface area contributed by atoms with Gasteiger partial charge in [0, 0.05) is 38.5 Å². The highest BCUT2D eigenvalue weighted by molar-refractivity contribution is 8.01. The van der Waals surface area contributed by atoms with Crippen molar-refractivity contribution >= 4 is 46.3 Å². The van der Waals surface area contributed by atoms with Crippen molar-refractivity contribution in [1.29, 1.82) is 0 Å². The molecule has 6 nitrogen and oxygen atoms in total. The molecule has 0 unspecified atom stereocenters. The number of ether oxygens (including phenoxy) is 1. The van der Waals surface area contributed by atoms with E-state index in [1.165, 1.54) is 17.0 Å². The van der Waals surface area contributed by atoms with Crippen LogP contribution >= 0.6 is 35.5 Å². The topological polar surface area (TPSA) is 67.5 Å². The lowest BCUT2D eigenvalue weighted by molar-refractivity contribution is 0.272. The molecule has 0 saturated carbocycles. The minimum absolute atomic E-state index is 0. The van der Waals surface area contributed by atoms with Gasteiger partial charge in [0.25, 0.3) is 0 Å². The molecule has 0 radical (unpaired) electrons. The van der Waals surface area contributed by atoms with E-state index in [2.05, 4.69) is 32.1 Å². The number of para-hydroxylation sites is 2. The third kappa shape index (κ3) is 4.89. The van der Waals surface area contributed by atoms with Crippen LogP contribution in [0.4, 0.5) is 10.8 Å². The van der Waals surface area contributed by atoms with Gasteiger partial charge in [-0.3, -0.25) is 4.90 Å². The second-order valence-corrected chi connectivity index (χ2v) is 7.61. The summed E-state index contributed by atoms with van der Waals surface area (Å²) in [6.07, 6.45) is 0. The van der Waals surface area contributed by atoms with E-state index in [1.807, 2.05) is 12.1 Å². The lowest BCUT2D eigenvalue weighted by Gasteiger charge is -2.36. The van der Waals surface area contributed by atoms with Crippen LogP contribution in [-0.2, 0) is 0 Å². The SMILES string of the molecule is COc1ccccc1N1CCN(CCSc2nnc(N)s2)CC1.Cl. The van der Waals surface area contributed by atoms with Gasteiger partial charge in [0.1, 0.15) is 5.75 Å². The monoisotopic (exact) mass is 387 g/mol. The Morgan fingerprint density at radius 3 is 2.62 bits per heavy atom. The maximum Gasteiger partial charge on any atom is 0.203 e. The Morgan fingerprint density at radius 2 is 1.96 bits per heavy atom. The number of methoxy groups -OCH3 is 1. The van der Waals surface area contributed by atoms with Gasteiger partial charge in [0.2, 0.25) is 5.13 Å². The van der Waals surface area contributed by atoms with Crippen LogP contribution in [0, 0.1) is 0 Å². The van der Waals surface area contributed by atoms with Gasteiger partial charge in [-0.15, -0.1) is 22.6 Å². The molecule has 1 aromatic heterocycles. The van der Waals surface area contributed by atoms with Crippen molar-refractivity contribution < 1.29 is 4.74 Å². The summed E-state index contributed by atoms with van der Waals surface area (Å²) in [5.41, 5.74) is 6.78. The Labute approximate surface area is 156 Å². The summed E-state index contributed by atoms with van der Waals surface area (Å²) in [4.78, 5) is 4.89. The molecule has 2 N–H and O–H groups in total. The van der Waals surface area contributed by atoms with Gasteiger partial charge < -0.3 is 15.4 Å². The zero-order valence-electron chi connectivity index (χ0n) is 13.6. The van der Waals surface area contributed by atoms with Crippen molar-refractivity contribution in [3.63, 3.8) is 0 Å².